The number of ether oxygens (including phenoxy) is 2. The van der Waals surface area contributed by atoms with E-state index in [2.05, 4.69) is 10.2 Å². The first-order valence-electron chi connectivity index (χ1n) is 8.56. The van der Waals surface area contributed by atoms with Gasteiger partial charge >= 0.3 is 0 Å². The molecule has 0 saturated carbocycles. The first-order valence-corrected chi connectivity index (χ1v) is 8.56. The molecule has 1 aromatic heterocycles. The van der Waals surface area contributed by atoms with Crippen molar-refractivity contribution in [1.82, 2.24) is 19.7 Å². The van der Waals surface area contributed by atoms with Gasteiger partial charge in [-0.3, -0.25) is 4.79 Å². The molecule has 0 N–H and O–H groups in total. The Balaban J connectivity index is 1.52. The number of amides is 1. The van der Waals surface area contributed by atoms with Crippen LogP contribution in [0.25, 0.3) is 0 Å². The maximum Gasteiger partial charge on any atom is 0.226 e. The molecule has 1 amide bonds. The molecule has 0 bridgehead atoms. The minimum absolute atomic E-state index is 0.113. The number of aromatic nitrogens is 3. The number of aryl methyl sites for hydroxylation is 1. The molecule has 7 heteroatoms. The van der Waals surface area contributed by atoms with Gasteiger partial charge in [0.2, 0.25) is 5.91 Å². The highest BCUT2D eigenvalue weighted by Crippen LogP contribution is 2.27. The van der Waals surface area contributed by atoms with Gasteiger partial charge in [0.05, 0.1) is 20.1 Å². The molecule has 25 heavy (non-hydrogen) atoms. The van der Waals surface area contributed by atoms with Crippen LogP contribution in [0.1, 0.15) is 31.0 Å². The summed E-state index contributed by atoms with van der Waals surface area (Å²) in [6.45, 7) is 1.83. The Morgan fingerprint density at radius 2 is 2.12 bits per heavy atom. The van der Waals surface area contributed by atoms with E-state index in [1.54, 1.807) is 13.4 Å². The number of hydrogen-bond donors (Lipinski definition) is 0. The van der Waals surface area contributed by atoms with Crippen LogP contribution >= 0.6 is 0 Å². The summed E-state index contributed by atoms with van der Waals surface area (Å²) in [6.07, 6.45) is 4.07. The zero-order valence-electron chi connectivity index (χ0n) is 14.7. The third-order valence-electron chi connectivity index (χ3n) is 4.53. The average molecular weight is 344 g/mol. The summed E-state index contributed by atoms with van der Waals surface area (Å²) in [6, 6.07) is 7.45. The largest absolute Gasteiger partial charge is 0.493 e. The fourth-order valence-electron chi connectivity index (χ4n) is 3.22. The molecule has 0 aliphatic carbocycles. The first kappa shape index (κ1) is 17.3. The molecule has 0 radical (unpaired) electrons. The number of methoxy groups -OCH3 is 1. The molecular weight excluding hydrogens is 320 g/mol. The third kappa shape index (κ3) is 4.10. The summed E-state index contributed by atoms with van der Waals surface area (Å²) in [4.78, 5) is 14.4. The van der Waals surface area contributed by atoms with Gasteiger partial charge in [0.1, 0.15) is 12.2 Å². The summed E-state index contributed by atoms with van der Waals surface area (Å²) in [5.74, 6) is 2.65. The quantitative estimate of drug-likeness (QED) is 0.802. The summed E-state index contributed by atoms with van der Waals surface area (Å²) in [5.41, 5.74) is 0. The number of nitrogens with zero attached hydrogens (tertiary/aromatic N) is 4. The van der Waals surface area contributed by atoms with Gasteiger partial charge in [-0.1, -0.05) is 12.1 Å². The van der Waals surface area contributed by atoms with E-state index in [4.69, 9.17) is 9.47 Å². The summed E-state index contributed by atoms with van der Waals surface area (Å²) >= 11 is 0. The Morgan fingerprint density at radius 1 is 1.32 bits per heavy atom. The fraction of sp³-hybridized carbons (Fsp3) is 0.500. The number of carbonyl (C=O) groups excluding carboxylic acids is 1. The van der Waals surface area contributed by atoms with Gasteiger partial charge in [-0.05, 0) is 25.0 Å². The van der Waals surface area contributed by atoms with Crippen LogP contribution in [0.5, 0.6) is 11.5 Å². The van der Waals surface area contributed by atoms with Crippen LogP contribution in [0.2, 0.25) is 0 Å². The van der Waals surface area contributed by atoms with E-state index >= 15 is 0 Å². The van der Waals surface area contributed by atoms with Gasteiger partial charge in [-0.25, -0.2) is 0 Å². The van der Waals surface area contributed by atoms with E-state index in [1.807, 2.05) is 40.8 Å². The van der Waals surface area contributed by atoms with Crippen LogP contribution in [0.4, 0.5) is 0 Å². The van der Waals surface area contributed by atoms with Gasteiger partial charge < -0.3 is 18.9 Å². The van der Waals surface area contributed by atoms with Crippen molar-refractivity contribution in [3.05, 3.63) is 36.4 Å². The van der Waals surface area contributed by atoms with Gasteiger partial charge in [0.15, 0.2) is 11.5 Å². The summed E-state index contributed by atoms with van der Waals surface area (Å²) in [7, 11) is 3.55. The lowest BCUT2D eigenvalue weighted by Gasteiger charge is -2.32. The Bertz CT molecular complexity index is 716. The number of rotatable bonds is 6. The monoisotopic (exact) mass is 344 g/mol. The lowest BCUT2D eigenvalue weighted by molar-refractivity contribution is -0.133. The van der Waals surface area contributed by atoms with Crippen molar-refractivity contribution in [1.29, 1.82) is 0 Å². The third-order valence-corrected chi connectivity index (χ3v) is 4.53. The lowest BCUT2D eigenvalue weighted by Crippen LogP contribution is -2.40. The maximum atomic E-state index is 12.5. The standard InChI is InChI=1S/C18H24N4O3/c1-21-13-19-20-18(21)14-6-5-10-22(12-14)17(23)9-11-25-16-8-4-3-7-15(16)24-2/h3-4,7-8,13-14H,5-6,9-12H2,1-2H3/t14-/m1/s1. The zero-order valence-corrected chi connectivity index (χ0v) is 14.7. The molecule has 134 valence electrons. The Morgan fingerprint density at radius 3 is 2.84 bits per heavy atom. The highest BCUT2D eigenvalue weighted by atomic mass is 16.5. The predicted molar refractivity (Wildman–Crippen MR) is 92.7 cm³/mol. The molecule has 1 fully saturated rings. The van der Waals surface area contributed by atoms with E-state index in [9.17, 15) is 4.79 Å². The van der Waals surface area contributed by atoms with Crippen molar-refractivity contribution in [2.24, 2.45) is 7.05 Å². The number of carbonyl (C=O) groups is 1. The molecule has 7 nitrogen and oxygen atoms in total. The average Bonchev–Trinajstić information content (AvgIpc) is 3.08. The normalized spacial score (nSPS) is 17.4. The second-order valence-corrected chi connectivity index (χ2v) is 6.23. The van der Waals surface area contributed by atoms with Gasteiger partial charge in [-0.15, -0.1) is 10.2 Å². The van der Waals surface area contributed by atoms with E-state index in [-0.39, 0.29) is 11.8 Å². The van der Waals surface area contributed by atoms with E-state index < -0.39 is 0 Å². The van der Waals surface area contributed by atoms with Crippen LogP contribution in [0, 0.1) is 0 Å². The molecule has 1 aliphatic rings. The van der Waals surface area contributed by atoms with Crippen LogP contribution in [-0.2, 0) is 11.8 Å². The minimum atomic E-state index is 0.113. The van der Waals surface area contributed by atoms with Crippen molar-refractivity contribution < 1.29 is 14.3 Å². The number of benzene rings is 1. The number of likely N-dealkylation sites (tertiary alicyclic amines) is 1. The number of para-hydroxylation sites is 2. The second-order valence-electron chi connectivity index (χ2n) is 6.23. The van der Waals surface area contributed by atoms with Gasteiger partial charge in [-0.2, -0.15) is 0 Å². The number of hydrogen-bond acceptors (Lipinski definition) is 5. The van der Waals surface area contributed by atoms with Crippen LogP contribution in [-0.4, -0.2) is 52.4 Å². The lowest BCUT2D eigenvalue weighted by atomic mass is 9.97. The zero-order chi connectivity index (χ0) is 17.6. The van der Waals surface area contributed by atoms with E-state index in [1.165, 1.54) is 0 Å². The molecular formula is C18H24N4O3. The number of piperidine rings is 1. The van der Waals surface area contributed by atoms with Crippen molar-refractivity contribution in [2.45, 2.75) is 25.2 Å². The molecule has 2 aromatic rings. The molecule has 2 heterocycles. The van der Waals surface area contributed by atoms with Gasteiger partial charge in [0, 0.05) is 26.1 Å². The highest BCUT2D eigenvalue weighted by Gasteiger charge is 2.27. The molecule has 1 atom stereocenters. The van der Waals surface area contributed by atoms with Crippen molar-refractivity contribution in [3.8, 4) is 11.5 Å². The molecule has 1 aromatic carbocycles. The fourth-order valence-corrected chi connectivity index (χ4v) is 3.22. The van der Waals surface area contributed by atoms with Crippen molar-refractivity contribution in [3.63, 3.8) is 0 Å². The molecule has 1 aliphatic heterocycles. The molecule has 1 saturated heterocycles. The summed E-state index contributed by atoms with van der Waals surface area (Å²) < 4.78 is 12.9. The van der Waals surface area contributed by atoms with Crippen molar-refractivity contribution >= 4 is 5.91 Å². The minimum Gasteiger partial charge on any atom is -0.493 e. The maximum absolute atomic E-state index is 12.5. The van der Waals surface area contributed by atoms with Gasteiger partial charge in [0.25, 0.3) is 0 Å². The smallest absolute Gasteiger partial charge is 0.226 e. The SMILES string of the molecule is COc1ccccc1OCCC(=O)N1CCC[C@@H](c2nncn2C)C1. The van der Waals surface area contributed by atoms with Crippen LogP contribution < -0.4 is 9.47 Å². The van der Waals surface area contributed by atoms with Crippen LogP contribution in [0.15, 0.2) is 30.6 Å². The first-order chi connectivity index (χ1) is 12.2. The van der Waals surface area contributed by atoms with Crippen LogP contribution in [0.3, 0.4) is 0 Å². The van der Waals surface area contributed by atoms with E-state index in [0.717, 1.165) is 25.2 Å². The predicted octanol–water partition coefficient (Wildman–Crippen LogP) is 2.00. The topological polar surface area (TPSA) is 69.5 Å². The van der Waals surface area contributed by atoms with E-state index in [0.29, 0.717) is 31.1 Å². The Labute approximate surface area is 147 Å². The van der Waals surface area contributed by atoms with Crippen molar-refractivity contribution in [2.75, 3.05) is 26.8 Å². The molecule has 0 unspecified atom stereocenters. The second kappa shape index (κ2) is 8.00. The Hall–Kier alpha value is -2.57. The highest BCUT2D eigenvalue weighted by molar-refractivity contribution is 5.76. The Kier molecular flexibility index (Phi) is 5.53. The molecule has 0 spiro atoms. The molecule has 3 rings (SSSR count). The summed E-state index contributed by atoms with van der Waals surface area (Å²) in [5, 5.41) is 8.13.